The molecule has 0 unspecified atom stereocenters. The zero-order valence-electron chi connectivity index (χ0n) is 39.9. The van der Waals surface area contributed by atoms with Crippen molar-refractivity contribution < 1.29 is 0 Å². The third-order valence-corrected chi connectivity index (χ3v) is 15.6. The molecule has 0 radical (unpaired) electrons. The van der Waals surface area contributed by atoms with Crippen molar-refractivity contribution in [3.05, 3.63) is 243 Å². The maximum atomic E-state index is 5.70. The lowest BCUT2D eigenvalue weighted by atomic mass is 9.86. The van der Waals surface area contributed by atoms with Crippen LogP contribution in [0.1, 0.15) is 0 Å². The van der Waals surface area contributed by atoms with Crippen molar-refractivity contribution in [2.45, 2.75) is 0 Å². The molecule has 0 saturated carbocycles. The van der Waals surface area contributed by atoms with Gasteiger partial charge in [-0.3, -0.25) is 9.97 Å². The molecule has 0 atom stereocenters. The minimum Gasteiger partial charge on any atom is -0.256 e. The molecule has 0 aliphatic heterocycles. The van der Waals surface area contributed by atoms with Crippen molar-refractivity contribution in [1.29, 1.82) is 0 Å². The van der Waals surface area contributed by atoms with Gasteiger partial charge in [0, 0.05) is 56.4 Å². The van der Waals surface area contributed by atoms with Crippen molar-refractivity contribution in [3.63, 3.8) is 0 Å². The second kappa shape index (κ2) is 15.8. The SMILES string of the molecule is c1cnc2c(-c3ccc(-c4nc(-c5ccc(-c6cccc7cccnc67)cc5)c5cc(-c6ccc7ccc8cccc9ccc6c7c89)cc(-c6ccc7ccc8cccc9ccc6c7c89)c5n4)cc3)cccc2c1. The Kier molecular flexibility index (Phi) is 8.71. The zero-order valence-corrected chi connectivity index (χ0v) is 39.9. The number of pyridine rings is 2. The maximum absolute atomic E-state index is 5.70. The average molecular weight is 937 g/mol. The van der Waals surface area contributed by atoms with Crippen LogP contribution in [0.25, 0.3) is 164 Å². The van der Waals surface area contributed by atoms with Gasteiger partial charge in [-0.15, -0.1) is 0 Å². The van der Waals surface area contributed by atoms with Gasteiger partial charge < -0.3 is 0 Å². The predicted octanol–water partition coefficient (Wildman–Crippen LogP) is 18.5. The van der Waals surface area contributed by atoms with Gasteiger partial charge in [0.1, 0.15) is 0 Å². The molecule has 4 heteroatoms. The van der Waals surface area contributed by atoms with Crippen LogP contribution in [0.2, 0.25) is 0 Å². The Morgan fingerprint density at radius 3 is 1.23 bits per heavy atom. The van der Waals surface area contributed by atoms with E-state index < -0.39 is 0 Å². The number of hydrogen-bond acceptors (Lipinski definition) is 4. The fraction of sp³-hybridized carbons (Fsp3) is 0. The molecule has 0 aliphatic rings. The van der Waals surface area contributed by atoms with Crippen LogP contribution in [-0.2, 0) is 0 Å². The molecular weight excluding hydrogens is 897 g/mol. The molecule has 0 saturated heterocycles. The molecule has 16 aromatic rings. The van der Waals surface area contributed by atoms with Gasteiger partial charge in [0.05, 0.1) is 22.2 Å². The summed E-state index contributed by atoms with van der Waals surface area (Å²) in [4.78, 5) is 20.9. The van der Waals surface area contributed by atoms with Crippen LogP contribution in [0.15, 0.2) is 243 Å². The molecule has 3 heterocycles. The monoisotopic (exact) mass is 936 g/mol. The van der Waals surface area contributed by atoms with E-state index in [9.17, 15) is 0 Å². The number of rotatable bonds is 6. The smallest absolute Gasteiger partial charge is 0.160 e. The summed E-state index contributed by atoms with van der Waals surface area (Å²) >= 11 is 0. The standard InChI is InChI=1S/C70H40N4/c1-7-43-21-23-47-29-33-54(58-35-31-45(9-1)62(43)64(47)58)53-39-60(57-34-30-48-24-22-44-8-2-10-46-32-36-59(57)65(48)63(44)46)69-61(40-53)68(51-25-17-41(18-26-51)55-15-3-11-49-13-5-37-71-66(49)55)73-70(74-69)52-27-19-42(20-28-52)56-16-4-12-50-14-6-38-72-67(50)56/h1-40H. The molecule has 0 fully saturated rings. The summed E-state index contributed by atoms with van der Waals surface area (Å²) in [5, 5.41) is 18.2. The molecule has 13 aromatic carbocycles. The Balaban J connectivity index is 0.985. The highest BCUT2D eigenvalue weighted by Gasteiger charge is 2.22. The van der Waals surface area contributed by atoms with Crippen molar-refractivity contribution in [1.82, 2.24) is 19.9 Å². The summed E-state index contributed by atoms with van der Waals surface area (Å²) in [6.45, 7) is 0. The van der Waals surface area contributed by atoms with E-state index in [-0.39, 0.29) is 0 Å². The number of benzene rings is 13. The average Bonchev–Trinajstić information content (AvgIpc) is 3.48. The molecule has 16 rings (SSSR count). The van der Waals surface area contributed by atoms with Gasteiger partial charge >= 0.3 is 0 Å². The Bertz CT molecular complexity index is 4900. The minimum atomic E-state index is 0.659. The van der Waals surface area contributed by atoms with Crippen LogP contribution in [0.5, 0.6) is 0 Å². The largest absolute Gasteiger partial charge is 0.256 e. The summed E-state index contributed by atoms with van der Waals surface area (Å²) in [6, 6.07) is 84.0. The Labute approximate surface area is 425 Å². The third-order valence-electron chi connectivity index (χ3n) is 15.6. The number of aromatic nitrogens is 4. The Morgan fingerprint density at radius 1 is 0.230 bits per heavy atom. The molecule has 74 heavy (non-hydrogen) atoms. The van der Waals surface area contributed by atoms with Gasteiger partial charge in [-0.2, -0.15) is 0 Å². The van der Waals surface area contributed by atoms with Crippen LogP contribution in [0, 0.1) is 0 Å². The summed E-state index contributed by atoms with van der Waals surface area (Å²) < 4.78 is 0. The Hall–Kier alpha value is -9.90. The lowest BCUT2D eigenvalue weighted by Crippen LogP contribution is -1.99. The van der Waals surface area contributed by atoms with Gasteiger partial charge in [0.15, 0.2) is 5.82 Å². The second-order valence-electron chi connectivity index (χ2n) is 19.7. The topological polar surface area (TPSA) is 51.6 Å². The lowest BCUT2D eigenvalue weighted by molar-refractivity contribution is 1.23. The number of fused-ring (bicyclic) bond motifs is 3. The van der Waals surface area contributed by atoms with E-state index in [1.54, 1.807) is 0 Å². The quantitative estimate of drug-likeness (QED) is 0.156. The van der Waals surface area contributed by atoms with E-state index in [4.69, 9.17) is 19.9 Å². The maximum Gasteiger partial charge on any atom is 0.160 e. The van der Waals surface area contributed by atoms with Crippen molar-refractivity contribution in [3.8, 4) is 67.2 Å². The fourth-order valence-electron chi connectivity index (χ4n) is 12.2. The molecular formula is C70H40N4. The van der Waals surface area contributed by atoms with Gasteiger partial charge in [-0.05, 0) is 117 Å². The highest BCUT2D eigenvalue weighted by molar-refractivity contribution is 6.28. The minimum absolute atomic E-state index is 0.659. The first-order chi connectivity index (χ1) is 36.7. The third kappa shape index (κ3) is 6.15. The molecule has 3 aromatic heterocycles. The van der Waals surface area contributed by atoms with Gasteiger partial charge in [0.25, 0.3) is 0 Å². The summed E-state index contributed by atoms with van der Waals surface area (Å²) in [5.74, 6) is 0.659. The van der Waals surface area contributed by atoms with E-state index in [1.807, 2.05) is 24.5 Å². The molecule has 0 amide bonds. The van der Waals surface area contributed by atoms with Gasteiger partial charge in [-0.1, -0.05) is 206 Å². The lowest BCUT2D eigenvalue weighted by Gasteiger charge is -2.19. The zero-order chi connectivity index (χ0) is 48.4. The van der Waals surface area contributed by atoms with Crippen LogP contribution in [-0.4, -0.2) is 19.9 Å². The van der Waals surface area contributed by atoms with Crippen molar-refractivity contribution in [2.75, 3.05) is 0 Å². The van der Waals surface area contributed by atoms with E-state index in [1.165, 1.54) is 70.2 Å². The predicted molar refractivity (Wildman–Crippen MR) is 310 cm³/mol. The molecule has 0 N–H and O–H groups in total. The van der Waals surface area contributed by atoms with Crippen LogP contribution in [0.4, 0.5) is 0 Å². The highest BCUT2D eigenvalue weighted by atomic mass is 14.9. The number of hydrogen-bond donors (Lipinski definition) is 0. The second-order valence-corrected chi connectivity index (χ2v) is 19.7. The summed E-state index contributed by atoms with van der Waals surface area (Å²) in [5.41, 5.74) is 14.5. The highest BCUT2D eigenvalue weighted by Crippen LogP contribution is 2.47. The molecule has 0 bridgehead atoms. The van der Waals surface area contributed by atoms with E-state index in [2.05, 4.69) is 218 Å². The van der Waals surface area contributed by atoms with E-state index in [0.29, 0.717) is 5.82 Å². The molecule has 0 aliphatic carbocycles. The first-order valence-electron chi connectivity index (χ1n) is 25.3. The Morgan fingerprint density at radius 2 is 0.662 bits per heavy atom. The first-order valence-corrected chi connectivity index (χ1v) is 25.3. The van der Waals surface area contributed by atoms with Crippen LogP contribution in [0.3, 0.4) is 0 Å². The summed E-state index contributed by atoms with van der Waals surface area (Å²) in [7, 11) is 0. The normalized spacial score (nSPS) is 12.1. The van der Waals surface area contributed by atoms with Crippen molar-refractivity contribution in [2.24, 2.45) is 0 Å². The van der Waals surface area contributed by atoms with Gasteiger partial charge in [-0.25, -0.2) is 9.97 Å². The van der Waals surface area contributed by atoms with Gasteiger partial charge in [0.2, 0.25) is 0 Å². The number of para-hydroxylation sites is 2. The molecule has 0 spiro atoms. The summed E-state index contributed by atoms with van der Waals surface area (Å²) in [6.07, 6.45) is 3.74. The molecule has 340 valence electrons. The number of nitrogens with zero attached hydrogens (tertiary/aromatic N) is 4. The van der Waals surface area contributed by atoms with Crippen molar-refractivity contribution >= 4 is 97.3 Å². The van der Waals surface area contributed by atoms with E-state index >= 15 is 0 Å². The molecule has 4 nitrogen and oxygen atoms in total. The van der Waals surface area contributed by atoms with E-state index in [0.717, 1.165) is 88.5 Å². The van der Waals surface area contributed by atoms with Crippen LogP contribution >= 0.6 is 0 Å². The fourth-order valence-corrected chi connectivity index (χ4v) is 12.2. The van der Waals surface area contributed by atoms with Crippen LogP contribution < -0.4 is 0 Å². The first kappa shape index (κ1) is 40.8.